The number of H-pyrrole nitrogens is 1. The van der Waals surface area contributed by atoms with Crippen molar-refractivity contribution in [3.8, 4) is 21.7 Å². The average Bonchev–Trinajstić information content (AvgIpc) is 3.31. The number of rotatable bonds is 4. The van der Waals surface area contributed by atoms with E-state index in [1.165, 1.54) is 11.3 Å². The molecule has 3 heterocycles. The second-order valence-electron chi connectivity index (χ2n) is 5.93. The Balaban J connectivity index is 1.53. The molecule has 0 fully saturated rings. The number of carbonyl (C=O) groups is 1. The number of anilines is 1. The van der Waals surface area contributed by atoms with E-state index in [4.69, 9.17) is 0 Å². The van der Waals surface area contributed by atoms with E-state index in [2.05, 4.69) is 36.4 Å². The average molecular weight is 439 g/mol. The molecule has 5 nitrogen and oxygen atoms in total. The molecule has 1 aromatic carbocycles. The molecule has 0 aliphatic heterocycles. The summed E-state index contributed by atoms with van der Waals surface area (Å²) < 4.78 is 1.03. The maximum absolute atomic E-state index is 12.6. The summed E-state index contributed by atoms with van der Waals surface area (Å²) in [5.41, 5.74) is 3.82. The zero-order valence-electron chi connectivity index (χ0n) is 14.4. The van der Waals surface area contributed by atoms with Crippen LogP contribution in [-0.2, 0) is 0 Å². The number of halogens is 1. The van der Waals surface area contributed by atoms with Crippen LogP contribution in [-0.4, -0.2) is 21.1 Å². The summed E-state index contributed by atoms with van der Waals surface area (Å²) in [4.78, 5) is 18.3. The first-order valence-corrected chi connectivity index (χ1v) is 9.85. The highest BCUT2D eigenvalue weighted by Crippen LogP contribution is 2.30. The third-order valence-corrected chi connectivity index (χ3v) is 5.83. The van der Waals surface area contributed by atoms with Crippen LogP contribution in [0.25, 0.3) is 21.7 Å². The van der Waals surface area contributed by atoms with Crippen LogP contribution in [0.4, 0.5) is 5.82 Å². The third-order valence-electron chi connectivity index (χ3n) is 4.17. The first kappa shape index (κ1) is 17.6. The fourth-order valence-corrected chi connectivity index (χ4v) is 3.89. The van der Waals surface area contributed by atoms with E-state index in [9.17, 15) is 4.79 Å². The maximum Gasteiger partial charge on any atom is 0.266 e. The van der Waals surface area contributed by atoms with Crippen LogP contribution in [0.2, 0.25) is 0 Å². The zero-order chi connectivity index (χ0) is 18.8. The van der Waals surface area contributed by atoms with E-state index in [0.717, 1.165) is 31.7 Å². The Bertz CT molecular complexity index is 1090. The number of nitrogens with one attached hydrogen (secondary N) is 2. The van der Waals surface area contributed by atoms with Gasteiger partial charge in [-0.15, -0.1) is 11.3 Å². The number of aromatic nitrogens is 3. The Morgan fingerprint density at radius 1 is 1.04 bits per heavy atom. The summed E-state index contributed by atoms with van der Waals surface area (Å²) in [7, 11) is 0. The van der Waals surface area contributed by atoms with Gasteiger partial charge in [0.2, 0.25) is 0 Å². The van der Waals surface area contributed by atoms with Crippen molar-refractivity contribution in [1.29, 1.82) is 0 Å². The largest absolute Gasteiger partial charge is 0.304 e. The monoisotopic (exact) mass is 438 g/mol. The van der Waals surface area contributed by atoms with Crippen molar-refractivity contribution in [2.75, 3.05) is 5.32 Å². The van der Waals surface area contributed by atoms with Crippen LogP contribution in [0.15, 0.2) is 65.4 Å². The minimum atomic E-state index is -0.167. The highest BCUT2D eigenvalue weighted by atomic mass is 79.9. The van der Waals surface area contributed by atoms with E-state index in [-0.39, 0.29) is 5.91 Å². The molecule has 0 aliphatic rings. The first-order valence-electron chi connectivity index (χ1n) is 8.24. The number of nitrogens with zero attached hydrogens (tertiary/aromatic N) is 2. The molecule has 1 amide bonds. The molecule has 4 aromatic rings. The van der Waals surface area contributed by atoms with Crippen molar-refractivity contribution in [2.24, 2.45) is 0 Å². The lowest BCUT2D eigenvalue weighted by Gasteiger charge is -2.02. The predicted molar refractivity (Wildman–Crippen MR) is 112 cm³/mol. The maximum atomic E-state index is 12.6. The molecule has 0 atom stereocenters. The lowest BCUT2D eigenvalue weighted by Crippen LogP contribution is -2.11. The predicted octanol–water partition coefficient (Wildman–Crippen LogP) is 5.52. The standard InChI is InChI=1S/C20H15BrN4OS/c1-12-18(14-8-10-22-11-9-14)24-25-19(12)23-20(26)17-7-6-16(27-17)13-2-4-15(21)5-3-13/h2-11H,1H3,(H2,23,24,25,26). The topological polar surface area (TPSA) is 70.7 Å². The van der Waals surface area contributed by atoms with Gasteiger partial charge in [0.05, 0.1) is 10.6 Å². The number of hydrogen-bond donors (Lipinski definition) is 2. The highest BCUT2D eigenvalue weighted by molar-refractivity contribution is 9.10. The summed E-state index contributed by atoms with van der Waals surface area (Å²) in [5.74, 6) is 0.365. The molecule has 27 heavy (non-hydrogen) atoms. The zero-order valence-corrected chi connectivity index (χ0v) is 16.8. The van der Waals surface area contributed by atoms with E-state index >= 15 is 0 Å². The molecule has 0 aliphatic carbocycles. The van der Waals surface area contributed by atoms with Crippen LogP contribution in [0.5, 0.6) is 0 Å². The number of amides is 1. The number of pyridine rings is 1. The number of aromatic amines is 1. The SMILES string of the molecule is Cc1c(NC(=O)c2ccc(-c3ccc(Br)cc3)s2)n[nH]c1-c1ccncc1. The van der Waals surface area contributed by atoms with Crippen LogP contribution in [0, 0.1) is 6.92 Å². The summed E-state index contributed by atoms with van der Waals surface area (Å²) in [6, 6.07) is 15.6. The second-order valence-corrected chi connectivity index (χ2v) is 7.93. The van der Waals surface area contributed by atoms with Gasteiger partial charge in [-0.25, -0.2) is 0 Å². The van der Waals surface area contributed by atoms with Gasteiger partial charge in [0, 0.05) is 32.9 Å². The lowest BCUT2D eigenvalue weighted by atomic mass is 10.1. The van der Waals surface area contributed by atoms with E-state index < -0.39 is 0 Å². The Morgan fingerprint density at radius 3 is 2.52 bits per heavy atom. The Kier molecular flexibility index (Phi) is 4.87. The fourth-order valence-electron chi connectivity index (χ4n) is 2.72. The molecule has 0 unspecified atom stereocenters. The van der Waals surface area contributed by atoms with Gasteiger partial charge in [0.1, 0.15) is 0 Å². The quantitative estimate of drug-likeness (QED) is 0.440. The molecule has 0 radical (unpaired) electrons. The van der Waals surface area contributed by atoms with Crippen LogP contribution in [0.3, 0.4) is 0 Å². The second kappa shape index (κ2) is 7.46. The van der Waals surface area contributed by atoms with Crippen molar-refractivity contribution in [3.05, 3.63) is 75.8 Å². The molecule has 7 heteroatoms. The van der Waals surface area contributed by atoms with Crippen LogP contribution < -0.4 is 5.32 Å². The van der Waals surface area contributed by atoms with Gasteiger partial charge in [-0.2, -0.15) is 5.10 Å². The molecule has 3 aromatic heterocycles. The molecular weight excluding hydrogens is 424 g/mol. The Hall–Kier alpha value is -2.77. The molecule has 134 valence electrons. The molecule has 2 N–H and O–H groups in total. The van der Waals surface area contributed by atoms with Crippen LogP contribution >= 0.6 is 27.3 Å². The minimum absolute atomic E-state index is 0.167. The van der Waals surface area contributed by atoms with Gasteiger partial charge in [-0.1, -0.05) is 28.1 Å². The highest BCUT2D eigenvalue weighted by Gasteiger charge is 2.16. The van der Waals surface area contributed by atoms with Gasteiger partial charge in [0.15, 0.2) is 5.82 Å². The first-order chi connectivity index (χ1) is 13.1. The van der Waals surface area contributed by atoms with Crippen molar-refractivity contribution in [1.82, 2.24) is 15.2 Å². The van der Waals surface area contributed by atoms with Gasteiger partial charge in [0.25, 0.3) is 5.91 Å². The number of hydrogen-bond acceptors (Lipinski definition) is 4. The Morgan fingerprint density at radius 2 is 1.78 bits per heavy atom. The number of thiophene rings is 1. The van der Waals surface area contributed by atoms with Gasteiger partial charge >= 0.3 is 0 Å². The van der Waals surface area contributed by atoms with E-state index in [1.807, 2.05) is 55.5 Å². The Labute approximate surface area is 168 Å². The van der Waals surface area contributed by atoms with Crippen molar-refractivity contribution < 1.29 is 4.79 Å². The van der Waals surface area contributed by atoms with Gasteiger partial charge in [-0.05, 0) is 48.9 Å². The van der Waals surface area contributed by atoms with Crippen LogP contribution in [0.1, 0.15) is 15.2 Å². The van der Waals surface area contributed by atoms with Crippen molar-refractivity contribution in [2.45, 2.75) is 6.92 Å². The molecule has 4 rings (SSSR count). The third kappa shape index (κ3) is 3.70. The number of benzene rings is 1. The molecule has 0 saturated carbocycles. The summed E-state index contributed by atoms with van der Waals surface area (Å²) >= 11 is 4.89. The van der Waals surface area contributed by atoms with E-state index in [0.29, 0.717) is 10.7 Å². The lowest BCUT2D eigenvalue weighted by molar-refractivity contribution is 0.103. The number of carbonyl (C=O) groups excluding carboxylic acids is 1. The smallest absolute Gasteiger partial charge is 0.266 e. The molecule has 0 bridgehead atoms. The van der Waals surface area contributed by atoms with Crippen molar-refractivity contribution >= 4 is 39.0 Å². The normalized spacial score (nSPS) is 10.7. The summed E-state index contributed by atoms with van der Waals surface area (Å²) in [5, 5.41) is 10.1. The fraction of sp³-hybridized carbons (Fsp3) is 0.0500. The summed E-state index contributed by atoms with van der Waals surface area (Å²) in [6.45, 7) is 1.93. The van der Waals surface area contributed by atoms with E-state index in [1.54, 1.807) is 12.4 Å². The minimum Gasteiger partial charge on any atom is -0.304 e. The molecular formula is C20H15BrN4OS. The van der Waals surface area contributed by atoms with Gasteiger partial charge < -0.3 is 5.32 Å². The van der Waals surface area contributed by atoms with Gasteiger partial charge in [-0.3, -0.25) is 14.9 Å². The molecule has 0 spiro atoms. The molecule has 0 saturated heterocycles. The summed E-state index contributed by atoms with van der Waals surface area (Å²) in [6.07, 6.45) is 3.45. The van der Waals surface area contributed by atoms with Crippen molar-refractivity contribution in [3.63, 3.8) is 0 Å².